The molecule has 22 N–H and O–H groups in total. The van der Waals surface area contributed by atoms with Crippen LogP contribution in [0.2, 0.25) is 0 Å². The first-order chi connectivity index (χ1) is 54.0. The Hall–Kier alpha value is -9.04. The highest BCUT2D eigenvalue weighted by molar-refractivity contribution is 7.98. The summed E-state index contributed by atoms with van der Waals surface area (Å²) in [6, 6.07) is -11.8. The Labute approximate surface area is 678 Å². The number of rotatable bonds is 51. The van der Waals surface area contributed by atoms with Crippen LogP contribution in [0, 0.1) is 35.5 Å². The van der Waals surface area contributed by atoms with Crippen molar-refractivity contribution in [2.45, 2.75) is 278 Å². The van der Waals surface area contributed by atoms with Gasteiger partial charge in [0.05, 0.1) is 31.4 Å². The van der Waals surface area contributed by atoms with Crippen LogP contribution in [0.4, 0.5) is 0 Å². The fourth-order valence-corrected chi connectivity index (χ4v) is 13.5. The number of amides is 14. The topological polar surface area (TPSA) is 564 Å². The number of aromatic amines is 1. The van der Waals surface area contributed by atoms with Crippen LogP contribution in [0.3, 0.4) is 0 Å². The summed E-state index contributed by atoms with van der Waals surface area (Å²) in [6.07, 6.45) is 2.49. The van der Waals surface area contributed by atoms with E-state index in [0.29, 0.717) is 50.0 Å². The van der Waals surface area contributed by atoms with Crippen LogP contribution in [0.5, 0.6) is 0 Å². The summed E-state index contributed by atoms with van der Waals surface area (Å²) in [5.41, 5.74) is 13.2. The van der Waals surface area contributed by atoms with Gasteiger partial charge in [0.1, 0.15) is 78.5 Å². The lowest BCUT2D eigenvalue weighted by atomic mass is 9.98. The molecule has 14 amide bonds. The van der Waals surface area contributed by atoms with E-state index in [4.69, 9.17) is 11.5 Å². The zero-order chi connectivity index (χ0) is 86.8. The fraction of sp³-hybridized carbons (Fsp3) is 0.705. The predicted octanol–water partition coefficient (Wildman–Crippen LogP) is -1.41. The molecular weight excluding hydrogens is 1510 g/mol. The summed E-state index contributed by atoms with van der Waals surface area (Å²) in [4.78, 5) is 212. The van der Waals surface area contributed by atoms with E-state index >= 15 is 0 Å². The first kappa shape index (κ1) is 100. The maximum atomic E-state index is 14.5. The summed E-state index contributed by atoms with van der Waals surface area (Å²) in [6.45, 7) is 23.4. The molecule has 1 aromatic heterocycles. The monoisotopic (exact) mass is 1640 g/mol. The minimum Gasteiger partial charge on any atom is -0.480 e. The molecule has 0 bridgehead atoms. The summed E-state index contributed by atoms with van der Waals surface area (Å²) >= 11 is 1.33. The number of likely N-dealkylation sites (tertiary alicyclic amines) is 1. The third-order valence-corrected chi connectivity index (χ3v) is 20.3. The first-order valence-electron chi connectivity index (χ1n) is 39.9. The SMILES string of the molecule is CC[C@H](C)[C@H](NC(=O)[C@H](Cc1c[nH]c2ccccc12)NC(=O)[C@H](CO)NC(=O)[C@H](CCSC)NC(=O)[C@H](CC(C)C)NC(=O)[C@H](C)NC(=O)[C@@H]1CCCN1C(=O)[C@H](CC(C)C)NC(=O)CNC(=O)[C@@H](NC(=O)[C@@H](NC(=O)[C@H](CC(C)C)NC(=O)[C@@H](NC(=O)[C@H](CCCCN)NC(=O)[C@@H](N)CC(C)C)C(C)C)[C@@H](C)O)[C@@H](C)O)C(=O)O. The lowest BCUT2D eigenvalue weighted by Crippen LogP contribution is -2.63. The molecule has 0 spiro atoms. The van der Waals surface area contributed by atoms with Crippen LogP contribution in [0.15, 0.2) is 30.5 Å². The van der Waals surface area contributed by atoms with Gasteiger partial charge < -0.3 is 111 Å². The van der Waals surface area contributed by atoms with Crippen molar-refractivity contribution >= 4 is 111 Å². The normalized spacial score (nSPS) is 17.1. The number of aliphatic carboxylic acids is 1. The second-order valence-electron chi connectivity index (χ2n) is 32.0. The van der Waals surface area contributed by atoms with Crippen LogP contribution >= 0.6 is 11.8 Å². The number of carboxylic acid groups (broad SMARTS) is 1. The zero-order valence-electron chi connectivity index (χ0n) is 69.5. The maximum absolute atomic E-state index is 14.5. The summed E-state index contributed by atoms with van der Waals surface area (Å²) < 4.78 is 0. The number of unbranched alkanes of at least 4 members (excludes halogenated alkanes) is 1. The number of carboxylic acids is 1. The number of benzene rings is 1. The molecule has 0 unspecified atom stereocenters. The molecule has 648 valence electrons. The molecule has 37 heteroatoms. The Morgan fingerprint density at radius 3 is 1.56 bits per heavy atom. The smallest absolute Gasteiger partial charge is 0.326 e. The largest absolute Gasteiger partial charge is 0.480 e. The fourth-order valence-electron chi connectivity index (χ4n) is 13.0. The third kappa shape index (κ3) is 33.2. The number of aromatic nitrogens is 1. The van der Waals surface area contributed by atoms with Gasteiger partial charge in [-0.05, 0) is 151 Å². The van der Waals surface area contributed by atoms with Gasteiger partial charge in [0.2, 0.25) is 82.7 Å². The van der Waals surface area contributed by atoms with Gasteiger partial charge in [-0.3, -0.25) is 67.1 Å². The van der Waals surface area contributed by atoms with E-state index in [1.807, 2.05) is 13.8 Å². The van der Waals surface area contributed by atoms with Gasteiger partial charge in [0.25, 0.3) is 0 Å². The number of carbonyl (C=O) groups excluding carboxylic acids is 14. The average molecular weight is 1640 g/mol. The Morgan fingerprint density at radius 2 is 1.00 bits per heavy atom. The number of carbonyl (C=O) groups is 15. The molecule has 17 atom stereocenters. The first-order valence-corrected chi connectivity index (χ1v) is 41.3. The number of para-hydroxylation sites is 1. The van der Waals surface area contributed by atoms with Crippen molar-refractivity contribution in [3.63, 3.8) is 0 Å². The van der Waals surface area contributed by atoms with Gasteiger partial charge in [-0.1, -0.05) is 108 Å². The van der Waals surface area contributed by atoms with Gasteiger partial charge in [0, 0.05) is 30.1 Å². The standard InChI is InChI=1S/C78H131N17O19S/c1-17-44(12)62(78(113)114)92-71(106)56(35-48-36-81-51-24-19-18-23-49(48)51)88-72(107)58(38-96)90-67(102)53(27-30-115-16)86-69(104)54(32-40(4)5)87-65(100)45(13)83-73(108)59-26-22-29-95(59)77(112)57(34-42(8)9)84-60(99)37-82-74(109)63(46(14)97)94-76(111)64(47(15)98)93-70(105)55(33-41(6)7)89-75(110)61(43(10)11)91-68(103)52(25-20-21-28-79)85-66(101)50(80)31-39(2)3/h18-19,23-24,36,39-47,50,52-59,61-64,81,96-98H,17,20-22,25-35,37-38,79-80H2,1-16H3,(H,82,109)(H,83,108)(H,84,99)(H,85,101)(H,86,104)(H,87,100)(H,88,107)(H,89,110)(H,90,102)(H,91,103)(H,92,106)(H,93,105)(H,94,111)(H,113,114)/t44-,45-,46+,47+,50-,52-,53-,54-,55-,56-,57-,58-,59-,61-,62-,63-,64-/m0/s1. The van der Waals surface area contributed by atoms with Crippen molar-refractivity contribution in [2.24, 2.45) is 47.0 Å². The van der Waals surface area contributed by atoms with Crippen LogP contribution in [0.25, 0.3) is 10.9 Å². The highest BCUT2D eigenvalue weighted by Crippen LogP contribution is 2.23. The van der Waals surface area contributed by atoms with E-state index in [2.05, 4.69) is 74.1 Å². The number of hydrogen-bond donors (Lipinski definition) is 20. The number of nitrogens with zero attached hydrogens (tertiary/aromatic N) is 1. The van der Waals surface area contributed by atoms with Crippen molar-refractivity contribution in [3.8, 4) is 0 Å². The van der Waals surface area contributed by atoms with Crippen molar-refractivity contribution < 1.29 is 92.3 Å². The lowest BCUT2D eigenvalue weighted by Gasteiger charge is -2.30. The minimum atomic E-state index is -1.81. The molecule has 0 radical (unpaired) electrons. The zero-order valence-corrected chi connectivity index (χ0v) is 70.3. The van der Waals surface area contributed by atoms with Gasteiger partial charge in [0.15, 0.2) is 0 Å². The molecule has 1 aromatic carbocycles. The Morgan fingerprint density at radius 1 is 0.530 bits per heavy atom. The molecule has 0 saturated carbocycles. The third-order valence-electron chi connectivity index (χ3n) is 19.6. The highest BCUT2D eigenvalue weighted by Gasteiger charge is 2.42. The number of hydrogen-bond acceptors (Lipinski definition) is 21. The Kier molecular flexibility index (Phi) is 43.4. The summed E-state index contributed by atoms with van der Waals surface area (Å²) in [5.74, 6) is -14.5. The quantitative estimate of drug-likeness (QED) is 0.0338. The second kappa shape index (κ2) is 49.8. The van der Waals surface area contributed by atoms with Gasteiger partial charge in [-0.2, -0.15) is 11.8 Å². The van der Waals surface area contributed by atoms with E-state index in [0.717, 1.165) is 17.8 Å². The minimum absolute atomic E-state index is 0.000506. The number of aliphatic hydroxyl groups excluding tert-OH is 3. The maximum Gasteiger partial charge on any atom is 0.326 e. The van der Waals surface area contributed by atoms with Crippen molar-refractivity contribution in [2.75, 3.05) is 38.2 Å². The molecule has 2 aromatic rings. The Bertz CT molecular complexity index is 3580. The van der Waals surface area contributed by atoms with Crippen LogP contribution in [-0.4, -0.2) is 254 Å². The Balaban J connectivity index is 1.73. The number of thioether (sulfide) groups is 1. The molecule has 2 heterocycles. The molecule has 1 saturated heterocycles. The van der Waals surface area contributed by atoms with Gasteiger partial charge >= 0.3 is 5.97 Å². The number of aliphatic hydroxyl groups is 3. The lowest BCUT2D eigenvalue weighted by molar-refractivity contribution is -0.144. The summed E-state index contributed by atoms with van der Waals surface area (Å²) in [7, 11) is 0. The molecule has 3 rings (SSSR count). The van der Waals surface area contributed by atoms with Crippen molar-refractivity contribution in [1.29, 1.82) is 0 Å². The number of fused-ring (bicyclic) bond motifs is 1. The number of nitrogens with two attached hydrogens (primary N) is 2. The van der Waals surface area contributed by atoms with E-state index in [9.17, 15) is 92.3 Å². The van der Waals surface area contributed by atoms with Crippen LogP contribution in [0.1, 0.15) is 180 Å². The van der Waals surface area contributed by atoms with Gasteiger partial charge in [-0.25, -0.2) is 4.79 Å². The highest BCUT2D eigenvalue weighted by atomic mass is 32.2. The van der Waals surface area contributed by atoms with Crippen LogP contribution in [-0.2, 0) is 78.3 Å². The van der Waals surface area contributed by atoms with E-state index in [-0.39, 0.29) is 75.2 Å². The van der Waals surface area contributed by atoms with Crippen molar-refractivity contribution in [3.05, 3.63) is 36.0 Å². The van der Waals surface area contributed by atoms with E-state index in [1.54, 1.807) is 106 Å². The second-order valence-corrected chi connectivity index (χ2v) is 32.9. The molecule has 36 nitrogen and oxygen atoms in total. The van der Waals surface area contributed by atoms with E-state index in [1.165, 1.54) is 30.5 Å². The van der Waals surface area contributed by atoms with E-state index < -0.39 is 210 Å². The average Bonchev–Trinajstić information content (AvgIpc) is 1.86. The molecule has 1 aliphatic heterocycles. The predicted molar refractivity (Wildman–Crippen MR) is 433 cm³/mol. The molecule has 1 aliphatic rings. The van der Waals surface area contributed by atoms with Gasteiger partial charge in [-0.15, -0.1) is 0 Å². The van der Waals surface area contributed by atoms with Crippen molar-refractivity contribution in [1.82, 2.24) is 79.0 Å². The molecular formula is C78H131N17O19S. The molecule has 115 heavy (non-hydrogen) atoms. The molecule has 1 fully saturated rings. The number of nitrogens with one attached hydrogen (secondary N) is 14. The van der Waals surface area contributed by atoms with Crippen LogP contribution < -0.4 is 80.6 Å². The number of H-pyrrole nitrogens is 1. The molecule has 0 aliphatic carbocycles. The summed E-state index contributed by atoms with van der Waals surface area (Å²) in [5, 5.41) is 76.3.